The molecule has 3 aromatic rings. The number of amides is 2. The number of nitrogens with zero attached hydrogens (tertiary/aromatic N) is 3. The van der Waals surface area contributed by atoms with Crippen molar-refractivity contribution in [1.82, 2.24) is 14.7 Å². The number of carbonyl (C=O) groups excluding carboxylic acids is 2. The summed E-state index contributed by atoms with van der Waals surface area (Å²) in [6, 6.07) is 26.3. The Morgan fingerprint density at radius 1 is 0.909 bits per heavy atom. The van der Waals surface area contributed by atoms with E-state index in [0.29, 0.717) is 23.1 Å². The zero-order valence-corrected chi connectivity index (χ0v) is 28.3. The molecular weight excluding hydrogens is 613 g/mol. The number of likely N-dealkylation sites (N-methyl/N-ethyl adjacent to an activating group) is 1. The molecule has 236 valence electrons. The van der Waals surface area contributed by atoms with Crippen LogP contribution in [-0.2, 0) is 10.2 Å². The Hall–Kier alpha value is -2.57. The van der Waals surface area contributed by atoms with Crippen LogP contribution < -0.4 is 0 Å². The van der Waals surface area contributed by atoms with Gasteiger partial charge in [-0.2, -0.15) is 0 Å². The monoisotopic (exact) mass is 655 g/mol. The Morgan fingerprint density at radius 3 is 2.14 bits per heavy atom. The predicted molar refractivity (Wildman–Crippen MR) is 183 cm³/mol. The van der Waals surface area contributed by atoms with E-state index in [4.69, 9.17) is 23.2 Å². The summed E-state index contributed by atoms with van der Waals surface area (Å²) >= 11 is 13.0. The van der Waals surface area contributed by atoms with Gasteiger partial charge in [0.05, 0.1) is 10.0 Å². The van der Waals surface area contributed by atoms with Crippen molar-refractivity contribution in [3.63, 3.8) is 0 Å². The normalized spacial score (nSPS) is 21.8. The average Bonchev–Trinajstić information content (AvgIpc) is 3.03. The van der Waals surface area contributed by atoms with Crippen molar-refractivity contribution in [1.29, 1.82) is 0 Å². The largest absolute Gasteiger partial charge is 0.345 e. The van der Waals surface area contributed by atoms with Crippen LogP contribution in [0, 0.1) is 0 Å². The number of benzene rings is 3. The Bertz CT molecular complexity index is 1410. The Labute approximate surface area is 278 Å². The van der Waals surface area contributed by atoms with Crippen LogP contribution in [0.4, 0.5) is 0 Å². The van der Waals surface area contributed by atoms with E-state index in [0.717, 1.165) is 62.7 Å². The number of hydrogen-bond acceptors (Lipinski definition) is 3. The molecule has 2 aliphatic rings. The van der Waals surface area contributed by atoms with Crippen molar-refractivity contribution in [2.24, 2.45) is 0 Å². The molecule has 0 N–H and O–H groups in total. The molecule has 0 radical (unpaired) electrons. The maximum Gasteiger partial charge on any atom is 0.255 e. The molecule has 0 aliphatic carbocycles. The Morgan fingerprint density at radius 2 is 1.55 bits per heavy atom. The van der Waals surface area contributed by atoms with E-state index in [1.165, 1.54) is 5.56 Å². The Kier molecular flexibility index (Phi) is 11.4. The summed E-state index contributed by atoms with van der Waals surface area (Å²) in [7, 11) is 1.90. The lowest BCUT2D eigenvalue weighted by Gasteiger charge is -2.60. The van der Waals surface area contributed by atoms with Crippen molar-refractivity contribution in [3.05, 3.63) is 106 Å². The summed E-state index contributed by atoms with van der Waals surface area (Å²) in [4.78, 5) is 33.4. The number of carbonyl (C=O) groups is 2. The fourth-order valence-corrected chi connectivity index (χ4v) is 7.99. The zero-order valence-electron chi connectivity index (χ0n) is 26.0. The van der Waals surface area contributed by atoms with Gasteiger partial charge in [0.1, 0.15) is 5.66 Å². The van der Waals surface area contributed by atoms with Gasteiger partial charge in [-0.05, 0) is 67.5 Å². The van der Waals surface area contributed by atoms with Crippen molar-refractivity contribution in [2.75, 3.05) is 33.2 Å². The third-order valence-electron chi connectivity index (χ3n) is 9.86. The highest BCUT2D eigenvalue weighted by Crippen LogP contribution is 2.50. The molecule has 44 heavy (non-hydrogen) atoms. The molecule has 2 fully saturated rings. The minimum absolute atomic E-state index is 0. The summed E-state index contributed by atoms with van der Waals surface area (Å²) < 4.78 is 0. The maximum atomic E-state index is 14.4. The average molecular weight is 657 g/mol. The van der Waals surface area contributed by atoms with Crippen LogP contribution in [0.1, 0.15) is 79.8 Å². The quantitative estimate of drug-likeness (QED) is 0.244. The van der Waals surface area contributed by atoms with Gasteiger partial charge in [-0.1, -0.05) is 91.1 Å². The van der Waals surface area contributed by atoms with Gasteiger partial charge in [0.2, 0.25) is 5.91 Å². The van der Waals surface area contributed by atoms with E-state index in [1.54, 1.807) is 6.92 Å². The highest BCUT2D eigenvalue weighted by Gasteiger charge is 2.54. The van der Waals surface area contributed by atoms with Crippen molar-refractivity contribution < 1.29 is 9.59 Å². The SMILES string of the molecule is CCCC1(N2CCC(CN(C)C(C)=O)(c3ccccc3)CC2)C(c2ccc(Cl)c(Cl)c2)CCCN1C(=O)c1ccccc1.Cl. The topological polar surface area (TPSA) is 43.9 Å². The number of halogens is 3. The van der Waals surface area contributed by atoms with Gasteiger partial charge in [-0.25, -0.2) is 0 Å². The molecule has 5 nitrogen and oxygen atoms in total. The molecule has 3 aromatic carbocycles. The first-order valence-electron chi connectivity index (χ1n) is 15.6. The molecule has 2 unspecified atom stereocenters. The third-order valence-corrected chi connectivity index (χ3v) is 10.6. The van der Waals surface area contributed by atoms with E-state index >= 15 is 0 Å². The molecule has 2 atom stereocenters. The number of rotatable bonds is 8. The van der Waals surface area contributed by atoms with Crippen molar-refractivity contribution in [3.8, 4) is 0 Å². The zero-order chi connectivity index (χ0) is 30.6. The van der Waals surface area contributed by atoms with Gasteiger partial charge in [0.25, 0.3) is 5.91 Å². The molecule has 0 spiro atoms. The van der Waals surface area contributed by atoms with Gasteiger partial charge in [-0.3, -0.25) is 14.5 Å². The maximum absolute atomic E-state index is 14.4. The van der Waals surface area contributed by atoms with Gasteiger partial charge in [0.15, 0.2) is 0 Å². The van der Waals surface area contributed by atoms with E-state index in [9.17, 15) is 9.59 Å². The second-order valence-corrected chi connectivity index (χ2v) is 13.1. The van der Waals surface area contributed by atoms with Crippen LogP contribution in [0.25, 0.3) is 0 Å². The molecule has 2 amide bonds. The lowest BCUT2D eigenvalue weighted by atomic mass is 9.69. The van der Waals surface area contributed by atoms with E-state index in [2.05, 4.69) is 47.1 Å². The van der Waals surface area contributed by atoms with Crippen LogP contribution in [0.5, 0.6) is 0 Å². The van der Waals surface area contributed by atoms with Crippen LogP contribution >= 0.6 is 35.6 Å². The fourth-order valence-electron chi connectivity index (χ4n) is 7.69. The molecule has 2 heterocycles. The fraction of sp³-hybridized carbons (Fsp3) is 0.444. The molecule has 8 heteroatoms. The first kappa shape index (κ1) is 34.3. The number of hydrogen-bond donors (Lipinski definition) is 0. The summed E-state index contributed by atoms with van der Waals surface area (Å²) in [5.41, 5.74) is 2.44. The predicted octanol–water partition coefficient (Wildman–Crippen LogP) is 8.44. The summed E-state index contributed by atoms with van der Waals surface area (Å²) in [5.74, 6) is 0.231. The molecule has 0 bridgehead atoms. The summed E-state index contributed by atoms with van der Waals surface area (Å²) in [6.45, 7) is 6.87. The summed E-state index contributed by atoms with van der Waals surface area (Å²) in [6.07, 6.45) is 5.44. The second-order valence-electron chi connectivity index (χ2n) is 12.3. The molecule has 2 aliphatic heterocycles. The van der Waals surface area contributed by atoms with E-state index in [-0.39, 0.29) is 35.6 Å². The summed E-state index contributed by atoms with van der Waals surface area (Å²) in [5, 5.41) is 1.09. The lowest BCUT2D eigenvalue weighted by molar-refractivity contribution is -0.129. The van der Waals surface area contributed by atoms with E-state index in [1.807, 2.05) is 60.5 Å². The van der Waals surface area contributed by atoms with Crippen LogP contribution in [-0.4, -0.2) is 65.4 Å². The van der Waals surface area contributed by atoms with Crippen LogP contribution in [0.2, 0.25) is 10.0 Å². The van der Waals surface area contributed by atoms with Gasteiger partial charge < -0.3 is 9.80 Å². The van der Waals surface area contributed by atoms with Gasteiger partial charge in [-0.15, -0.1) is 12.4 Å². The highest BCUT2D eigenvalue weighted by molar-refractivity contribution is 6.42. The minimum atomic E-state index is -0.521. The Balaban J connectivity index is 0.00000442. The standard InChI is InChI=1S/C36H43Cl2N3O2.ClH/c1-4-19-36(40-23-20-35(21-24-40,26-39(3)27(2)42)30-14-9-6-10-15-30)31(29-17-18-32(37)33(38)25-29)16-11-22-41(36)34(43)28-12-7-5-8-13-28;/h5-10,12-15,17-18,25,31H,4,11,16,19-24,26H2,1-3H3;1H. The number of piperidine rings is 2. The molecule has 0 saturated carbocycles. The van der Waals surface area contributed by atoms with Crippen molar-refractivity contribution >= 4 is 47.4 Å². The first-order chi connectivity index (χ1) is 20.7. The van der Waals surface area contributed by atoms with Gasteiger partial charge in [0, 0.05) is 57.0 Å². The molecule has 0 aromatic heterocycles. The van der Waals surface area contributed by atoms with Crippen molar-refractivity contribution in [2.45, 2.75) is 69.4 Å². The lowest BCUT2D eigenvalue weighted by Crippen LogP contribution is -2.69. The highest BCUT2D eigenvalue weighted by atomic mass is 35.5. The molecule has 2 saturated heterocycles. The van der Waals surface area contributed by atoms with Crippen LogP contribution in [0.15, 0.2) is 78.9 Å². The van der Waals surface area contributed by atoms with Gasteiger partial charge >= 0.3 is 0 Å². The van der Waals surface area contributed by atoms with Crippen LogP contribution in [0.3, 0.4) is 0 Å². The molecular formula is C36H44Cl3N3O2. The second kappa shape index (κ2) is 14.7. The number of likely N-dealkylation sites (tertiary alicyclic amines) is 2. The molecule has 5 rings (SSSR count). The third kappa shape index (κ3) is 6.67. The first-order valence-corrected chi connectivity index (χ1v) is 16.3. The minimum Gasteiger partial charge on any atom is -0.345 e. The van der Waals surface area contributed by atoms with E-state index < -0.39 is 5.66 Å². The smallest absolute Gasteiger partial charge is 0.255 e.